The Morgan fingerprint density at radius 1 is 1.24 bits per heavy atom. The van der Waals surface area contributed by atoms with Gasteiger partial charge in [-0.25, -0.2) is 0 Å². The minimum atomic E-state index is -4.92. The summed E-state index contributed by atoms with van der Waals surface area (Å²) in [7, 11) is 2.88. The van der Waals surface area contributed by atoms with Gasteiger partial charge in [0.25, 0.3) is 0 Å². The van der Waals surface area contributed by atoms with Crippen LogP contribution in [0.1, 0.15) is 12.0 Å². The average Bonchev–Trinajstić information content (AvgIpc) is 3.01. The lowest BCUT2D eigenvalue weighted by Gasteiger charge is -2.27. The zero-order chi connectivity index (χ0) is 18.8. The van der Waals surface area contributed by atoms with E-state index in [-0.39, 0.29) is 13.0 Å². The van der Waals surface area contributed by atoms with Crippen LogP contribution in [0.2, 0.25) is 0 Å². The summed E-state index contributed by atoms with van der Waals surface area (Å²) in [6.45, 7) is -1.13. The first-order valence-corrected chi connectivity index (χ1v) is 7.43. The Bertz CT molecular complexity index is 676. The number of amides is 1. The van der Waals surface area contributed by atoms with Gasteiger partial charge in [-0.05, 0) is 24.1 Å². The van der Waals surface area contributed by atoms with E-state index in [2.05, 4.69) is 0 Å². The van der Waals surface area contributed by atoms with E-state index in [4.69, 9.17) is 14.6 Å². The number of halogens is 3. The van der Waals surface area contributed by atoms with Crippen LogP contribution in [-0.4, -0.2) is 55.4 Å². The molecule has 1 amide bonds. The molecule has 9 heteroatoms. The molecule has 1 aromatic carbocycles. The van der Waals surface area contributed by atoms with E-state index in [1.807, 2.05) is 0 Å². The van der Waals surface area contributed by atoms with Crippen LogP contribution >= 0.6 is 0 Å². The van der Waals surface area contributed by atoms with Gasteiger partial charge in [0.05, 0.1) is 20.6 Å². The van der Waals surface area contributed by atoms with Crippen LogP contribution in [0.5, 0.6) is 11.5 Å². The SMILES string of the molecule is COc1ccc(CC(=O)N2CCC(C(=O)O)(C(F)(F)F)C2)cc1OC. The summed E-state index contributed by atoms with van der Waals surface area (Å²) in [6.07, 6.45) is -5.73. The normalized spacial score (nSPS) is 20.4. The van der Waals surface area contributed by atoms with E-state index >= 15 is 0 Å². The van der Waals surface area contributed by atoms with Gasteiger partial charge in [-0.15, -0.1) is 0 Å². The molecule has 1 aromatic rings. The van der Waals surface area contributed by atoms with Crippen molar-refractivity contribution in [1.29, 1.82) is 0 Å². The van der Waals surface area contributed by atoms with E-state index in [1.165, 1.54) is 14.2 Å². The second-order valence-corrected chi connectivity index (χ2v) is 5.82. The fraction of sp³-hybridized carbons (Fsp3) is 0.500. The number of hydrogen-bond donors (Lipinski definition) is 1. The summed E-state index contributed by atoms with van der Waals surface area (Å²) in [4.78, 5) is 24.4. The van der Waals surface area contributed by atoms with Gasteiger partial charge in [-0.2, -0.15) is 13.2 Å². The number of carbonyl (C=O) groups excluding carboxylic acids is 1. The number of carboxylic acids is 1. The summed E-state index contributed by atoms with van der Waals surface area (Å²) < 4.78 is 49.7. The first kappa shape index (κ1) is 18.9. The fourth-order valence-corrected chi connectivity index (χ4v) is 2.83. The number of carboxylic acid groups (broad SMARTS) is 1. The number of methoxy groups -OCH3 is 2. The lowest BCUT2D eigenvalue weighted by atomic mass is 9.86. The van der Waals surface area contributed by atoms with Gasteiger partial charge in [0, 0.05) is 13.1 Å². The number of alkyl halides is 3. The smallest absolute Gasteiger partial charge is 0.406 e. The molecular weight excluding hydrogens is 343 g/mol. The van der Waals surface area contributed by atoms with Crippen molar-refractivity contribution in [2.45, 2.75) is 19.0 Å². The van der Waals surface area contributed by atoms with Crippen molar-refractivity contribution in [3.05, 3.63) is 23.8 Å². The predicted molar refractivity (Wildman–Crippen MR) is 80.6 cm³/mol. The maximum atomic E-state index is 13.2. The molecule has 0 bridgehead atoms. The third kappa shape index (κ3) is 3.49. The Balaban J connectivity index is 2.14. The Kier molecular flexibility index (Phi) is 5.15. The van der Waals surface area contributed by atoms with E-state index in [0.29, 0.717) is 17.1 Å². The first-order chi connectivity index (χ1) is 11.6. The van der Waals surface area contributed by atoms with Crippen LogP contribution in [0.25, 0.3) is 0 Å². The highest BCUT2D eigenvalue weighted by atomic mass is 19.4. The molecule has 0 aromatic heterocycles. The first-order valence-electron chi connectivity index (χ1n) is 7.43. The van der Waals surface area contributed by atoms with Gasteiger partial charge < -0.3 is 19.5 Å². The number of aliphatic carboxylic acids is 1. The summed E-state index contributed by atoms with van der Waals surface area (Å²) in [5.41, 5.74) is -2.37. The number of rotatable bonds is 5. The lowest BCUT2D eigenvalue weighted by molar-refractivity contribution is -0.227. The maximum Gasteiger partial charge on any atom is 0.406 e. The second kappa shape index (κ2) is 6.81. The second-order valence-electron chi connectivity index (χ2n) is 5.82. The standard InChI is InChI=1S/C16H18F3NO5/c1-24-11-4-3-10(7-12(11)25-2)8-13(21)20-6-5-15(9-20,14(22)23)16(17,18)19/h3-4,7H,5-6,8-9H2,1-2H3,(H,22,23). The third-order valence-electron chi connectivity index (χ3n) is 4.38. The third-order valence-corrected chi connectivity index (χ3v) is 4.38. The highest BCUT2D eigenvalue weighted by Gasteiger charge is 2.64. The van der Waals surface area contributed by atoms with Crippen LogP contribution in [-0.2, 0) is 16.0 Å². The van der Waals surface area contributed by atoms with Crippen molar-refractivity contribution < 1.29 is 37.3 Å². The molecule has 1 aliphatic rings. The number of likely N-dealkylation sites (tertiary alicyclic amines) is 1. The van der Waals surface area contributed by atoms with Gasteiger partial charge in [0.2, 0.25) is 5.91 Å². The molecule has 1 N–H and O–H groups in total. The molecule has 1 unspecified atom stereocenters. The molecule has 1 atom stereocenters. The van der Waals surface area contributed by atoms with E-state index < -0.39 is 36.4 Å². The quantitative estimate of drug-likeness (QED) is 0.869. The number of benzene rings is 1. The van der Waals surface area contributed by atoms with Gasteiger partial charge in [0.15, 0.2) is 16.9 Å². The molecule has 1 heterocycles. The molecule has 1 saturated heterocycles. The van der Waals surface area contributed by atoms with Crippen molar-refractivity contribution in [3.63, 3.8) is 0 Å². The van der Waals surface area contributed by atoms with Gasteiger partial charge in [-0.3, -0.25) is 9.59 Å². The van der Waals surface area contributed by atoms with Crippen LogP contribution < -0.4 is 9.47 Å². The Morgan fingerprint density at radius 2 is 1.88 bits per heavy atom. The van der Waals surface area contributed by atoms with Crippen molar-refractivity contribution in [1.82, 2.24) is 4.90 Å². The zero-order valence-corrected chi connectivity index (χ0v) is 13.7. The van der Waals surface area contributed by atoms with Crippen molar-refractivity contribution in [3.8, 4) is 11.5 Å². The maximum absolute atomic E-state index is 13.2. The van der Waals surface area contributed by atoms with Crippen molar-refractivity contribution >= 4 is 11.9 Å². The molecule has 138 valence electrons. The molecule has 25 heavy (non-hydrogen) atoms. The Hall–Kier alpha value is -2.45. The van der Waals surface area contributed by atoms with Crippen LogP contribution in [0.4, 0.5) is 13.2 Å². The number of hydrogen-bond acceptors (Lipinski definition) is 4. The van der Waals surface area contributed by atoms with Crippen molar-refractivity contribution in [2.75, 3.05) is 27.3 Å². The average molecular weight is 361 g/mol. The largest absolute Gasteiger partial charge is 0.493 e. The highest BCUT2D eigenvalue weighted by Crippen LogP contribution is 2.45. The number of ether oxygens (including phenoxy) is 2. The van der Waals surface area contributed by atoms with Crippen LogP contribution in [0.3, 0.4) is 0 Å². The molecule has 1 aliphatic heterocycles. The van der Waals surface area contributed by atoms with Crippen LogP contribution in [0.15, 0.2) is 18.2 Å². The molecular formula is C16H18F3NO5. The summed E-state index contributed by atoms with van der Waals surface area (Å²) in [5, 5.41) is 9.03. The topological polar surface area (TPSA) is 76.1 Å². The predicted octanol–water partition coefficient (Wildman–Crippen LogP) is 2.11. The zero-order valence-electron chi connectivity index (χ0n) is 13.7. The molecule has 0 radical (unpaired) electrons. The summed E-state index contributed by atoms with van der Waals surface area (Å²) in [5.74, 6) is -1.67. The lowest BCUT2D eigenvalue weighted by Crippen LogP contribution is -2.47. The van der Waals surface area contributed by atoms with E-state index in [0.717, 1.165) is 4.90 Å². The minimum absolute atomic E-state index is 0.159. The van der Waals surface area contributed by atoms with Gasteiger partial charge in [0.1, 0.15) is 0 Å². The highest BCUT2D eigenvalue weighted by molar-refractivity contribution is 5.82. The summed E-state index contributed by atoms with van der Waals surface area (Å²) in [6, 6.07) is 4.74. The molecule has 0 aliphatic carbocycles. The molecule has 2 rings (SSSR count). The van der Waals surface area contributed by atoms with Gasteiger partial charge >= 0.3 is 12.1 Å². The molecule has 0 saturated carbocycles. The molecule has 0 spiro atoms. The number of nitrogens with zero attached hydrogens (tertiary/aromatic N) is 1. The van der Waals surface area contributed by atoms with E-state index in [9.17, 15) is 22.8 Å². The molecule has 1 fully saturated rings. The summed E-state index contributed by atoms with van der Waals surface area (Å²) >= 11 is 0. The van der Waals surface area contributed by atoms with Crippen molar-refractivity contribution in [2.24, 2.45) is 5.41 Å². The minimum Gasteiger partial charge on any atom is -0.493 e. The van der Waals surface area contributed by atoms with Crippen LogP contribution in [0, 0.1) is 5.41 Å². The Morgan fingerprint density at radius 3 is 2.36 bits per heavy atom. The number of carbonyl (C=O) groups is 2. The Labute approximate surface area is 142 Å². The van der Waals surface area contributed by atoms with Gasteiger partial charge in [-0.1, -0.05) is 6.07 Å². The molecule has 6 nitrogen and oxygen atoms in total. The fourth-order valence-electron chi connectivity index (χ4n) is 2.83. The van der Waals surface area contributed by atoms with E-state index in [1.54, 1.807) is 18.2 Å². The monoisotopic (exact) mass is 361 g/mol.